The zero-order chi connectivity index (χ0) is 23.8. The van der Waals surface area contributed by atoms with Gasteiger partial charge in [0, 0.05) is 18.0 Å². The summed E-state index contributed by atoms with van der Waals surface area (Å²) in [7, 11) is 0. The monoisotopic (exact) mass is 479 g/mol. The van der Waals surface area contributed by atoms with Crippen molar-refractivity contribution in [3.63, 3.8) is 0 Å². The molecule has 1 fully saturated rings. The largest absolute Gasteiger partial charge is 0.370 e. The summed E-state index contributed by atoms with van der Waals surface area (Å²) in [6.07, 6.45) is 1.56. The summed E-state index contributed by atoms with van der Waals surface area (Å²) in [6.45, 7) is 5.10. The molecule has 0 saturated carbocycles. The number of aromatic nitrogens is 2. The smallest absolute Gasteiger partial charge is 0.264 e. The molecule has 3 amide bonds. The first-order chi connectivity index (χ1) is 16.5. The van der Waals surface area contributed by atoms with Crippen molar-refractivity contribution >= 4 is 34.7 Å². The van der Waals surface area contributed by atoms with Gasteiger partial charge in [-0.15, -0.1) is 11.3 Å². The average Bonchev–Trinajstić information content (AvgIpc) is 3.58. The van der Waals surface area contributed by atoms with Crippen LogP contribution in [0.5, 0.6) is 0 Å². The van der Waals surface area contributed by atoms with Crippen LogP contribution in [0.3, 0.4) is 0 Å². The molecule has 34 heavy (non-hydrogen) atoms. The van der Waals surface area contributed by atoms with Crippen LogP contribution in [0, 0.1) is 12.8 Å². The van der Waals surface area contributed by atoms with Gasteiger partial charge in [0.25, 0.3) is 11.8 Å². The number of rotatable bonds is 6. The molecule has 1 aromatic carbocycles. The van der Waals surface area contributed by atoms with Crippen LogP contribution in [0.2, 0.25) is 0 Å². The Morgan fingerprint density at radius 1 is 1.24 bits per heavy atom. The molecule has 176 valence electrons. The molecule has 4 heterocycles. The van der Waals surface area contributed by atoms with Gasteiger partial charge in [-0.05, 0) is 50.3 Å². The van der Waals surface area contributed by atoms with Crippen LogP contribution in [0.15, 0.2) is 40.3 Å². The maximum atomic E-state index is 13.5. The van der Waals surface area contributed by atoms with E-state index in [4.69, 9.17) is 0 Å². The van der Waals surface area contributed by atoms with E-state index < -0.39 is 0 Å². The number of anilines is 1. The molecule has 1 N–H and O–H groups in total. The number of aryl methyl sites for hydroxylation is 1. The molecule has 5 rings (SSSR count). The highest BCUT2D eigenvalue weighted by Crippen LogP contribution is 2.38. The molecule has 2 aliphatic rings. The Kier molecular flexibility index (Phi) is 5.91. The minimum absolute atomic E-state index is 0.0741. The van der Waals surface area contributed by atoms with Crippen molar-refractivity contribution in [2.45, 2.75) is 39.3 Å². The molecular weight excluding hydrogens is 454 g/mol. The first-order valence-electron chi connectivity index (χ1n) is 11.3. The molecule has 3 aromatic rings. The summed E-state index contributed by atoms with van der Waals surface area (Å²) < 4.78 is 4.69. The molecule has 0 spiro atoms. The molecule has 10 heteroatoms. The van der Waals surface area contributed by atoms with Gasteiger partial charge in [0.15, 0.2) is 0 Å². The van der Waals surface area contributed by atoms with Crippen molar-refractivity contribution in [1.29, 1.82) is 0 Å². The predicted molar refractivity (Wildman–Crippen MR) is 125 cm³/mol. The second-order valence-corrected chi connectivity index (χ2v) is 9.65. The van der Waals surface area contributed by atoms with Crippen LogP contribution < -0.4 is 10.2 Å². The third-order valence-electron chi connectivity index (χ3n) is 6.58. The lowest BCUT2D eigenvalue weighted by Crippen LogP contribution is -2.43. The van der Waals surface area contributed by atoms with Gasteiger partial charge in [-0.2, -0.15) is 0 Å². The maximum absolute atomic E-state index is 13.5. The third-order valence-corrected chi connectivity index (χ3v) is 7.62. The summed E-state index contributed by atoms with van der Waals surface area (Å²) in [6, 6.07) is 8.90. The van der Waals surface area contributed by atoms with Crippen molar-refractivity contribution < 1.29 is 19.0 Å². The van der Waals surface area contributed by atoms with Gasteiger partial charge in [-0.25, -0.2) is 4.63 Å². The molecule has 2 aliphatic heterocycles. The number of thiophene rings is 1. The summed E-state index contributed by atoms with van der Waals surface area (Å²) in [5.41, 5.74) is 2.82. The Hall–Kier alpha value is -3.53. The Morgan fingerprint density at radius 3 is 2.82 bits per heavy atom. The Bertz CT molecular complexity index is 1240. The zero-order valence-electron chi connectivity index (χ0n) is 19.0. The van der Waals surface area contributed by atoms with E-state index in [2.05, 4.69) is 25.2 Å². The van der Waals surface area contributed by atoms with Crippen molar-refractivity contribution in [2.75, 3.05) is 18.0 Å². The van der Waals surface area contributed by atoms with Gasteiger partial charge < -0.3 is 10.2 Å². The number of amides is 3. The summed E-state index contributed by atoms with van der Waals surface area (Å²) >= 11 is 1.53. The lowest BCUT2D eigenvalue weighted by Gasteiger charge is -2.34. The highest BCUT2D eigenvalue weighted by atomic mass is 32.1. The fourth-order valence-electron chi connectivity index (χ4n) is 4.69. The molecule has 0 radical (unpaired) electrons. The van der Waals surface area contributed by atoms with E-state index >= 15 is 0 Å². The first kappa shape index (κ1) is 22.3. The Morgan fingerprint density at radius 2 is 2.09 bits per heavy atom. The van der Waals surface area contributed by atoms with E-state index in [0.29, 0.717) is 41.3 Å². The number of hydrogen-bond acceptors (Lipinski definition) is 8. The Balaban J connectivity index is 1.34. The molecular formula is C24H25N5O4S. The molecule has 2 aromatic heterocycles. The number of benzene rings is 1. The maximum Gasteiger partial charge on any atom is 0.264 e. The second-order valence-electron chi connectivity index (χ2n) is 8.67. The van der Waals surface area contributed by atoms with E-state index in [9.17, 15) is 14.4 Å². The van der Waals surface area contributed by atoms with Crippen LogP contribution in [-0.2, 0) is 11.3 Å². The molecule has 9 nitrogen and oxygen atoms in total. The van der Waals surface area contributed by atoms with Crippen molar-refractivity contribution in [2.24, 2.45) is 5.92 Å². The minimum Gasteiger partial charge on any atom is -0.370 e. The molecule has 1 saturated heterocycles. The number of carbonyl (C=O) groups is 3. The predicted octanol–water partition coefficient (Wildman–Crippen LogP) is 3.33. The number of nitrogens with one attached hydrogen (secondary N) is 1. The molecule has 2 atom stereocenters. The SMILES string of the molecule is Cc1nonc1CNC(=O)[C@@H]1CCCN(c2cccc3c2C(=O)N([C@@H](C)c2cccs2)C3=O)C1. The van der Waals surface area contributed by atoms with Crippen LogP contribution >= 0.6 is 11.3 Å². The van der Waals surface area contributed by atoms with Crippen molar-refractivity contribution in [3.05, 3.63) is 63.1 Å². The van der Waals surface area contributed by atoms with Gasteiger partial charge in [-0.3, -0.25) is 19.3 Å². The average molecular weight is 480 g/mol. The highest BCUT2D eigenvalue weighted by Gasteiger charge is 2.42. The van der Waals surface area contributed by atoms with Crippen LogP contribution in [0.4, 0.5) is 5.69 Å². The summed E-state index contributed by atoms with van der Waals surface area (Å²) in [5.74, 6) is -0.865. The topological polar surface area (TPSA) is 109 Å². The lowest BCUT2D eigenvalue weighted by atomic mass is 9.95. The Labute approximate surface area is 200 Å². The molecule has 0 unspecified atom stereocenters. The highest BCUT2D eigenvalue weighted by molar-refractivity contribution is 7.10. The minimum atomic E-state index is -0.338. The number of hydrogen-bond donors (Lipinski definition) is 1. The van der Waals surface area contributed by atoms with E-state index in [0.717, 1.165) is 17.7 Å². The van der Waals surface area contributed by atoms with Crippen molar-refractivity contribution in [1.82, 2.24) is 20.5 Å². The van der Waals surface area contributed by atoms with Gasteiger partial charge in [0.1, 0.15) is 11.4 Å². The number of piperidine rings is 1. The van der Waals surface area contributed by atoms with Gasteiger partial charge in [-0.1, -0.05) is 22.4 Å². The van der Waals surface area contributed by atoms with Gasteiger partial charge >= 0.3 is 0 Å². The van der Waals surface area contributed by atoms with Gasteiger partial charge in [0.05, 0.1) is 35.3 Å². The molecule has 0 aliphatic carbocycles. The standard InChI is InChI=1S/C24H25N5O4S/c1-14-18(27-33-26-14)12-25-22(30)16-6-4-10-28(13-16)19-8-3-7-17-21(19)24(32)29(23(17)31)15(2)20-9-5-11-34-20/h3,5,7-9,11,15-16H,4,6,10,12-13H2,1-2H3,(H,25,30)/t15-,16+/m0/s1. The summed E-state index contributed by atoms with van der Waals surface area (Å²) in [4.78, 5) is 43.9. The number of nitrogens with zero attached hydrogens (tertiary/aromatic N) is 4. The van der Waals surface area contributed by atoms with Crippen LogP contribution in [-0.4, -0.2) is 46.0 Å². The first-order valence-corrected chi connectivity index (χ1v) is 12.2. The number of fused-ring (bicyclic) bond motifs is 1. The zero-order valence-corrected chi connectivity index (χ0v) is 19.8. The van der Waals surface area contributed by atoms with Gasteiger partial charge in [0.2, 0.25) is 5.91 Å². The third kappa shape index (κ3) is 3.87. The fourth-order valence-corrected chi connectivity index (χ4v) is 5.47. The molecule has 0 bridgehead atoms. The van der Waals surface area contributed by atoms with Crippen LogP contribution in [0.25, 0.3) is 0 Å². The van der Waals surface area contributed by atoms with Crippen LogP contribution in [0.1, 0.15) is 62.8 Å². The fraction of sp³-hybridized carbons (Fsp3) is 0.375. The number of carbonyl (C=O) groups excluding carboxylic acids is 3. The van der Waals surface area contributed by atoms with E-state index in [1.807, 2.05) is 36.6 Å². The lowest BCUT2D eigenvalue weighted by molar-refractivity contribution is -0.125. The summed E-state index contributed by atoms with van der Waals surface area (Å²) in [5, 5.41) is 12.4. The van der Waals surface area contributed by atoms with E-state index in [1.165, 1.54) is 16.2 Å². The van der Waals surface area contributed by atoms with Crippen molar-refractivity contribution in [3.8, 4) is 0 Å². The number of imide groups is 1. The van der Waals surface area contributed by atoms with E-state index in [-0.39, 0.29) is 36.2 Å². The van der Waals surface area contributed by atoms with E-state index in [1.54, 1.807) is 13.0 Å². The quantitative estimate of drug-likeness (QED) is 0.540. The normalized spacial score (nSPS) is 18.8. The second kappa shape index (κ2) is 9.02.